The van der Waals surface area contributed by atoms with Gasteiger partial charge < -0.3 is 9.47 Å². The Balaban J connectivity index is 1.18. The van der Waals surface area contributed by atoms with Gasteiger partial charge in [0.15, 0.2) is 0 Å². The second kappa shape index (κ2) is 13.4. The van der Waals surface area contributed by atoms with E-state index in [-0.39, 0.29) is 0 Å². The van der Waals surface area contributed by atoms with E-state index in [1.165, 1.54) is 44.5 Å². The van der Waals surface area contributed by atoms with Crippen LogP contribution in [0.15, 0.2) is 182 Å². The van der Waals surface area contributed by atoms with Gasteiger partial charge in [-0.3, -0.25) is 0 Å². The molecule has 0 saturated carbocycles. The van der Waals surface area contributed by atoms with Gasteiger partial charge in [-0.05, 0) is 89.2 Å². The third-order valence-electron chi connectivity index (χ3n) is 9.95. The molecule has 0 fully saturated rings. The second-order valence-corrected chi connectivity index (χ2v) is 13.1. The first-order chi connectivity index (χ1) is 25.3. The molecule has 0 N–H and O–H groups in total. The minimum Gasteiger partial charge on any atom is -0.314 e. The lowest BCUT2D eigenvalue weighted by Crippen LogP contribution is -2.18. The number of nitrogens with zero attached hydrogens (tertiary/aromatic N) is 2. The van der Waals surface area contributed by atoms with Gasteiger partial charge in [-0.1, -0.05) is 145 Å². The first-order valence-electron chi connectivity index (χ1n) is 17.7. The molecule has 1 heterocycles. The van der Waals surface area contributed by atoms with Crippen molar-refractivity contribution < 1.29 is 0 Å². The zero-order valence-electron chi connectivity index (χ0n) is 28.3. The molecule has 0 aliphatic heterocycles. The average Bonchev–Trinajstić information content (AvgIpc) is 3.35. The highest BCUT2D eigenvalue weighted by atomic mass is 15.2. The summed E-state index contributed by atoms with van der Waals surface area (Å²) in [5.74, 6) is 7.18. The van der Waals surface area contributed by atoms with Gasteiger partial charge in [-0.15, -0.1) is 0 Å². The molecule has 51 heavy (non-hydrogen) atoms. The number of anilines is 2. The molecule has 0 bridgehead atoms. The van der Waals surface area contributed by atoms with Gasteiger partial charge in [0.05, 0.1) is 22.5 Å². The van der Waals surface area contributed by atoms with Crippen LogP contribution in [-0.4, -0.2) is 4.57 Å². The fraction of sp³-hybridized carbons (Fsp3) is 0.0612. The molecule has 0 saturated heterocycles. The number of aromatic nitrogens is 1. The van der Waals surface area contributed by atoms with E-state index in [0.29, 0.717) is 6.42 Å². The van der Waals surface area contributed by atoms with Gasteiger partial charge in [0.2, 0.25) is 0 Å². The average molecular weight is 653 g/mol. The zero-order valence-corrected chi connectivity index (χ0v) is 28.3. The van der Waals surface area contributed by atoms with Crippen LogP contribution in [0.1, 0.15) is 36.1 Å². The maximum atomic E-state index is 3.60. The molecule has 6 aromatic carbocycles. The largest absolute Gasteiger partial charge is 0.314 e. The molecule has 0 amide bonds. The van der Waals surface area contributed by atoms with Crippen LogP contribution in [0.3, 0.4) is 0 Å². The molecular formula is C49H36N2. The number of fused-ring (bicyclic) bond motifs is 3. The molecule has 1 aromatic heterocycles. The van der Waals surface area contributed by atoms with Crippen LogP contribution in [-0.2, 0) is 0 Å². The van der Waals surface area contributed by atoms with Crippen LogP contribution in [0.2, 0.25) is 0 Å². The fourth-order valence-corrected chi connectivity index (χ4v) is 7.47. The second-order valence-electron chi connectivity index (χ2n) is 13.1. The minimum absolute atomic E-state index is 0.659. The SMILES string of the molecule is C1#Cc2c(n(-c3ccc(-c4ccccc4)cc3)c3ccccc23)C=C(c2ccccc2N(C2=CC=CCC2)c2ccc(-c3ccccc3)cc2)C1. The molecule has 0 spiro atoms. The van der Waals surface area contributed by atoms with E-state index >= 15 is 0 Å². The van der Waals surface area contributed by atoms with Crippen molar-refractivity contribution in [3.05, 3.63) is 198 Å². The molecule has 0 radical (unpaired) electrons. The van der Waals surface area contributed by atoms with Gasteiger partial charge in [-0.25, -0.2) is 0 Å². The number of hydrogen-bond donors (Lipinski definition) is 0. The molecule has 242 valence electrons. The molecule has 7 aromatic rings. The first kappa shape index (κ1) is 30.5. The smallest absolute Gasteiger partial charge is 0.0628 e. The lowest BCUT2D eigenvalue weighted by molar-refractivity contribution is 0.917. The van der Waals surface area contributed by atoms with Crippen molar-refractivity contribution in [2.75, 3.05) is 4.90 Å². The van der Waals surface area contributed by atoms with Crippen molar-refractivity contribution in [2.24, 2.45) is 0 Å². The number of rotatable bonds is 7. The van der Waals surface area contributed by atoms with Crippen molar-refractivity contribution in [3.63, 3.8) is 0 Å². The Morgan fingerprint density at radius 2 is 1.22 bits per heavy atom. The van der Waals surface area contributed by atoms with Crippen LogP contribution < -0.4 is 4.90 Å². The summed E-state index contributed by atoms with van der Waals surface area (Å²) in [7, 11) is 0. The first-order valence-corrected chi connectivity index (χ1v) is 17.7. The Kier molecular flexibility index (Phi) is 8.01. The molecule has 2 heteroatoms. The monoisotopic (exact) mass is 652 g/mol. The van der Waals surface area contributed by atoms with E-state index in [1.807, 2.05) is 0 Å². The predicted molar refractivity (Wildman–Crippen MR) is 215 cm³/mol. The maximum absolute atomic E-state index is 3.60. The Labute approximate surface area is 300 Å². The molecule has 0 unspecified atom stereocenters. The summed E-state index contributed by atoms with van der Waals surface area (Å²) < 4.78 is 2.39. The summed E-state index contributed by atoms with van der Waals surface area (Å²) >= 11 is 0. The highest BCUT2D eigenvalue weighted by Gasteiger charge is 2.23. The standard InChI is InChI=1S/C49H36N2/c1-4-15-36(16-5-1)38-27-31-42(32-28-38)50(41-20-8-3-9-21-41)47-25-12-10-22-44(47)40-19-14-24-46-45-23-11-13-26-48(45)51(49(46)35-40)43-33-29-39(30-34-43)37-17-6-2-7-18-37/h1-8,10-13,15-18,20,22-23,25-35H,9,19,21H2. The minimum atomic E-state index is 0.659. The normalized spacial score (nSPS) is 13.4. The molecule has 0 atom stereocenters. The van der Waals surface area contributed by atoms with E-state index in [4.69, 9.17) is 0 Å². The number of allylic oxidation sites excluding steroid dienone is 5. The van der Waals surface area contributed by atoms with E-state index in [2.05, 4.69) is 203 Å². The highest BCUT2D eigenvalue weighted by Crippen LogP contribution is 2.41. The summed E-state index contributed by atoms with van der Waals surface area (Å²) in [6.45, 7) is 0. The molecular weight excluding hydrogens is 617 g/mol. The number of benzene rings is 6. The summed E-state index contributed by atoms with van der Waals surface area (Å²) in [5.41, 5.74) is 15.3. The third-order valence-corrected chi connectivity index (χ3v) is 9.95. The van der Waals surface area contributed by atoms with Gasteiger partial charge in [0.1, 0.15) is 0 Å². The maximum Gasteiger partial charge on any atom is 0.0628 e. The summed E-state index contributed by atoms with van der Waals surface area (Å²) in [4.78, 5) is 2.45. The van der Waals surface area contributed by atoms with Gasteiger partial charge >= 0.3 is 0 Å². The third kappa shape index (κ3) is 5.80. The van der Waals surface area contributed by atoms with Crippen LogP contribution in [0, 0.1) is 11.8 Å². The van der Waals surface area contributed by atoms with E-state index in [9.17, 15) is 0 Å². The number of hydrogen-bond acceptors (Lipinski definition) is 1. The topological polar surface area (TPSA) is 8.17 Å². The van der Waals surface area contributed by atoms with Crippen LogP contribution in [0.25, 0.3) is 50.5 Å². The number of para-hydroxylation sites is 2. The van der Waals surface area contributed by atoms with Crippen LogP contribution in [0.5, 0.6) is 0 Å². The van der Waals surface area contributed by atoms with Crippen molar-refractivity contribution in [2.45, 2.75) is 19.3 Å². The van der Waals surface area contributed by atoms with E-state index in [1.54, 1.807) is 0 Å². The Hall–Kier alpha value is -6.56. The summed E-state index contributed by atoms with van der Waals surface area (Å²) in [5, 5.41) is 1.18. The lowest BCUT2D eigenvalue weighted by Gasteiger charge is -2.31. The quantitative estimate of drug-likeness (QED) is 0.156. The molecule has 2 nitrogen and oxygen atoms in total. The molecule has 9 rings (SSSR count). The van der Waals surface area contributed by atoms with Crippen LogP contribution in [0.4, 0.5) is 11.4 Å². The molecule has 2 aliphatic carbocycles. The van der Waals surface area contributed by atoms with Gasteiger partial charge in [0, 0.05) is 34.4 Å². The van der Waals surface area contributed by atoms with Crippen molar-refractivity contribution in [1.82, 2.24) is 4.57 Å². The van der Waals surface area contributed by atoms with Crippen molar-refractivity contribution in [3.8, 4) is 39.8 Å². The Morgan fingerprint density at radius 3 is 1.92 bits per heavy atom. The molecule has 2 aliphatic rings. The van der Waals surface area contributed by atoms with Crippen molar-refractivity contribution in [1.29, 1.82) is 0 Å². The zero-order chi connectivity index (χ0) is 34.0. The summed E-state index contributed by atoms with van der Waals surface area (Å²) in [6.07, 6.45) is 11.7. The Bertz CT molecular complexity index is 2520. The Morgan fingerprint density at radius 1 is 0.588 bits per heavy atom. The summed E-state index contributed by atoms with van der Waals surface area (Å²) in [6, 6.07) is 56.6. The van der Waals surface area contributed by atoms with Crippen molar-refractivity contribution >= 4 is 33.9 Å². The van der Waals surface area contributed by atoms with Gasteiger partial charge in [-0.2, -0.15) is 0 Å². The van der Waals surface area contributed by atoms with Crippen LogP contribution >= 0.6 is 0 Å². The van der Waals surface area contributed by atoms with Gasteiger partial charge in [0.25, 0.3) is 0 Å². The van der Waals surface area contributed by atoms with E-state index in [0.717, 1.165) is 46.7 Å². The lowest BCUT2D eigenvalue weighted by atomic mass is 9.97. The fourth-order valence-electron chi connectivity index (χ4n) is 7.47. The predicted octanol–water partition coefficient (Wildman–Crippen LogP) is 12.6. The highest BCUT2D eigenvalue weighted by molar-refractivity contribution is 5.99. The van der Waals surface area contributed by atoms with E-state index < -0.39 is 0 Å².